The standard InChI is InChI=1S/C19H18BrN3O2/c1-13-3-6-15(11-17(13)20)22-19(24)14-4-7-16(8-5-14)25-12-18-21-9-10-23(18)2/h3-11H,12H2,1-2H3,(H,22,24). The SMILES string of the molecule is Cc1ccc(NC(=O)c2ccc(OCc3nccn3C)cc2)cc1Br. The first kappa shape index (κ1) is 17.2. The normalized spacial score (nSPS) is 10.5. The summed E-state index contributed by atoms with van der Waals surface area (Å²) in [6.07, 6.45) is 3.60. The molecule has 5 nitrogen and oxygen atoms in total. The Morgan fingerprint density at radius 3 is 2.64 bits per heavy atom. The van der Waals surface area contributed by atoms with E-state index in [1.54, 1.807) is 30.5 Å². The molecule has 1 amide bonds. The molecule has 2 aromatic carbocycles. The van der Waals surface area contributed by atoms with Crippen molar-refractivity contribution in [1.29, 1.82) is 0 Å². The van der Waals surface area contributed by atoms with Gasteiger partial charge < -0.3 is 14.6 Å². The zero-order valence-corrected chi connectivity index (χ0v) is 15.6. The van der Waals surface area contributed by atoms with Crippen LogP contribution < -0.4 is 10.1 Å². The summed E-state index contributed by atoms with van der Waals surface area (Å²) >= 11 is 3.47. The first-order valence-corrected chi connectivity index (χ1v) is 8.59. The summed E-state index contributed by atoms with van der Waals surface area (Å²) in [6, 6.07) is 12.8. The lowest BCUT2D eigenvalue weighted by Crippen LogP contribution is -2.11. The van der Waals surface area contributed by atoms with Crippen LogP contribution in [0.25, 0.3) is 0 Å². The number of rotatable bonds is 5. The van der Waals surface area contributed by atoms with Gasteiger partial charge in [-0.25, -0.2) is 4.98 Å². The highest BCUT2D eigenvalue weighted by molar-refractivity contribution is 9.10. The first-order chi connectivity index (χ1) is 12.0. The van der Waals surface area contributed by atoms with Crippen LogP contribution in [0.3, 0.4) is 0 Å². The van der Waals surface area contributed by atoms with Crippen LogP contribution in [0.2, 0.25) is 0 Å². The molecule has 0 unspecified atom stereocenters. The molecular weight excluding hydrogens is 382 g/mol. The average Bonchev–Trinajstić information content (AvgIpc) is 3.02. The third-order valence-electron chi connectivity index (χ3n) is 3.84. The number of nitrogens with one attached hydrogen (secondary N) is 1. The summed E-state index contributed by atoms with van der Waals surface area (Å²) < 4.78 is 8.56. The number of nitrogens with zero attached hydrogens (tertiary/aromatic N) is 2. The molecule has 0 aliphatic carbocycles. The van der Waals surface area contributed by atoms with E-state index in [0.29, 0.717) is 17.9 Å². The van der Waals surface area contributed by atoms with Crippen molar-refractivity contribution in [2.45, 2.75) is 13.5 Å². The van der Waals surface area contributed by atoms with Crippen molar-refractivity contribution in [3.8, 4) is 5.75 Å². The van der Waals surface area contributed by atoms with E-state index in [9.17, 15) is 4.79 Å². The van der Waals surface area contributed by atoms with Crippen molar-refractivity contribution in [3.63, 3.8) is 0 Å². The summed E-state index contributed by atoms with van der Waals surface area (Å²) in [4.78, 5) is 16.5. The Labute approximate surface area is 154 Å². The molecule has 128 valence electrons. The smallest absolute Gasteiger partial charge is 0.255 e. The Morgan fingerprint density at radius 2 is 2.00 bits per heavy atom. The van der Waals surface area contributed by atoms with Crippen LogP contribution in [0.15, 0.2) is 59.3 Å². The van der Waals surface area contributed by atoms with Crippen molar-refractivity contribution in [2.24, 2.45) is 7.05 Å². The van der Waals surface area contributed by atoms with Gasteiger partial charge in [-0.05, 0) is 48.9 Å². The highest BCUT2D eigenvalue weighted by Gasteiger charge is 2.08. The second-order valence-corrected chi connectivity index (χ2v) is 6.54. The molecule has 3 aromatic rings. The van der Waals surface area contributed by atoms with Crippen LogP contribution in [-0.4, -0.2) is 15.5 Å². The number of hydrogen-bond donors (Lipinski definition) is 1. The molecule has 0 aliphatic heterocycles. The second kappa shape index (κ2) is 7.53. The number of imidazole rings is 1. The van der Waals surface area contributed by atoms with Gasteiger partial charge >= 0.3 is 0 Å². The van der Waals surface area contributed by atoms with E-state index in [1.165, 1.54) is 0 Å². The van der Waals surface area contributed by atoms with Crippen molar-refractivity contribution in [2.75, 3.05) is 5.32 Å². The van der Waals surface area contributed by atoms with Gasteiger partial charge in [0.2, 0.25) is 0 Å². The summed E-state index contributed by atoms with van der Waals surface area (Å²) in [5, 5.41) is 2.88. The van der Waals surface area contributed by atoms with E-state index in [4.69, 9.17) is 4.74 Å². The number of hydrogen-bond acceptors (Lipinski definition) is 3. The number of carbonyl (C=O) groups is 1. The lowest BCUT2D eigenvalue weighted by molar-refractivity contribution is 0.102. The van der Waals surface area contributed by atoms with Crippen LogP contribution in [0.1, 0.15) is 21.7 Å². The molecule has 0 spiro atoms. The van der Waals surface area contributed by atoms with Crippen LogP contribution in [0.5, 0.6) is 5.75 Å². The maximum atomic E-state index is 12.3. The van der Waals surface area contributed by atoms with Gasteiger partial charge in [-0.3, -0.25) is 4.79 Å². The molecule has 1 heterocycles. The quantitative estimate of drug-likeness (QED) is 0.694. The van der Waals surface area contributed by atoms with Gasteiger partial charge in [0.15, 0.2) is 0 Å². The topological polar surface area (TPSA) is 56.1 Å². The number of halogens is 1. The highest BCUT2D eigenvalue weighted by Crippen LogP contribution is 2.21. The van der Waals surface area contributed by atoms with E-state index >= 15 is 0 Å². The molecule has 3 rings (SSSR count). The molecule has 0 fully saturated rings. The minimum atomic E-state index is -0.161. The van der Waals surface area contributed by atoms with Gasteiger partial charge in [-0.15, -0.1) is 0 Å². The first-order valence-electron chi connectivity index (χ1n) is 7.79. The monoisotopic (exact) mass is 399 g/mol. The molecule has 0 radical (unpaired) electrons. The minimum absolute atomic E-state index is 0.161. The van der Waals surface area contributed by atoms with Crippen molar-refractivity contribution in [1.82, 2.24) is 9.55 Å². The lowest BCUT2D eigenvalue weighted by atomic mass is 10.2. The zero-order chi connectivity index (χ0) is 17.8. The van der Waals surface area contributed by atoms with Gasteiger partial charge in [0.25, 0.3) is 5.91 Å². The maximum absolute atomic E-state index is 12.3. The lowest BCUT2D eigenvalue weighted by Gasteiger charge is -2.09. The number of aryl methyl sites for hydroxylation is 2. The molecule has 0 bridgehead atoms. The number of amides is 1. The van der Waals surface area contributed by atoms with E-state index < -0.39 is 0 Å². The van der Waals surface area contributed by atoms with Gasteiger partial charge in [-0.2, -0.15) is 0 Å². The van der Waals surface area contributed by atoms with Crippen molar-refractivity contribution >= 4 is 27.5 Å². The molecule has 0 saturated carbocycles. The summed E-state index contributed by atoms with van der Waals surface area (Å²) in [5.41, 5.74) is 2.44. The second-order valence-electron chi connectivity index (χ2n) is 5.69. The molecule has 0 atom stereocenters. The maximum Gasteiger partial charge on any atom is 0.255 e. The number of benzene rings is 2. The Morgan fingerprint density at radius 1 is 1.24 bits per heavy atom. The van der Waals surface area contributed by atoms with Crippen LogP contribution in [-0.2, 0) is 13.7 Å². The summed E-state index contributed by atoms with van der Waals surface area (Å²) in [5.74, 6) is 1.37. The van der Waals surface area contributed by atoms with E-state index in [2.05, 4.69) is 26.2 Å². The van der Waals surface area contributed by atoms with Crippen molar-refractivity contribution < 1.29 is 9.53 Å². The Bertz CT molecular complexity index is 888. The number of ether oxygens (including phenoxy) is 1. The number of carbonyl (C=O) groups excluding carboxylic acids is 1. The van der Waals surface area contributed by atoms with E-state index in [1.807, 2.05) is 42.9 Å². The molecule has 1 N–H and O–H groups in total. The van der Waals surface area contributed by atoms with Crippen molar-refractivity contribution in [3.05, 3.63) is 76.3 Å². The molecule has 25 heavy (non-hydrogen) atoms. The number of anilines is 1. The van der Waals surface area contributed by atoms with E-state index in [-0.39, 0.29) is 5.91 Å². The zero-order valence-electron chi connectivity index (χ0n) is 14.0. The van der Waals surface area contributed by atoms with Gasteiger partial charge in [0, 0.05) is 35.2 Å². The third kappa shape index (κ3) is 4.28. The molecule has 0 aliphatic rings. The van der Waals surface area contributed by atoms with Gasteiger partial charge in [0.05, 0.1) is 0 Å². The number of aromatic nitrogens is 2. The highest BCUT2D eigenvalue weighted by atomic mass is 79.9. The summed E-state index contributed by atoms with van der Waals surface area (Å²) in [6.45, 7) is 2.38. The summed E-state index contributed by atoms with van der Waals surface area (Å²) in [7, 11) is 1.92. The van der Waals surface area contributed by atoms with Crippen LogP contribution in [0, 0.1) is 6.92 Å². The Kier molecular flexibility index (Phi) is 5.19. The van der Waals surface area contributed by atoms with Gasteiger partial charge in [0.1, 0.15) is 18.2 Å². The van der Waals surface area contributed by atoms with Crippen LogP contribution in [0.4, 0.5) is 5.69 Å². The fraction of sp³-hybridized carbons (Fsp3) is 0.158. The Balaban J connectivity index is 1.62. The third-order valence-corrected chi connectivity index (χ3v) is 4.69. The Hall–Kier alpha value is -2.60. The fourth-order valence-corrected chi connectivity index (χ4v) is 2.64. The van der Waals surface area contributed by atoms with Crippen LogP contribution >= 0.6 is 15.9 Å². The predicted molar refractivity (Wildman–Crippen MR) is 101 cm³/mol. The molecular formula is C19H18BrN3O2. The van der Waals surface area contributed by atoms with E-state index in [0.717, 1.165) is 21.5 Å². The predicted octanol–water partition coefficient (Wildman–Crippen LogP) is 4.32. The minimum Gasteiger partial charge on any atom is -0.486 e. The average molecular weight is 400 g/mol. The molecule has 0 saturated heterocycles. The molecule has 6 heteroatoms. The largest absolute Gasteiger partial charge is 0.486 e. The molecule has 1 aromatic heterocycles. The fourth-order valence-electron chi connectivity index (χ4n) is 2.26. The van der Waals surface area contributed by atoms with Gasteiger partial charge in [-0.1, -0.05) is 22.0 Å².